The molecular weight excluding hydrogens is 318 g/mol. The number of aliphatic imine (C=N–C) groups is 2. The molecule has 0 aliphatic carbocycles. The summed E-state index contributed by atoms with van der Waals surface area (Å²) in [5, 5.41) is 4.43. The molecule has 2 rings (SSSR count). The van der Waals surface area contributed by atoms with Gasteiger partial charge in [0.15, 0.2) is 5.15 Å². The standard InChI is InChI=1S/C14H16ClN7O/c1-21(13(23)4-6-18-10-19-9-16)12-8-22(20-14(12)15)11-3-2-5-17-7-11/h2-3,5,7-10H,4,6H2,1H3,(H2,16,18,19). The van der Waals surface area contributed by atoms with Crippen LogP contribution >= 0.6 is 11.6 Å². The Kier molecular flexibility index (Phi) is 5.81. The summed E-state index contributed by atoms with van der Waals surface area (Å²) in [6.07, 6.45) is 7.66. The molecule has 2 aromatic rings. The van der Waals surface area contributed by atoms with Crippen LogP contribution in [0.5, 0.6) is 0 Å². The number of carbonyl (C=O) groups is 1. The van der Waals surface area contributed by atoms with Crippen LogP contribution in [0.15, 0.2) is 40.7 Å². The van der Waals surface area contributed by atoms with E-state index in [0.717, 1.165) is 12.0 Å². The molecule has 1 amide bonds. The number of nitrogens with two attached hydrogens (primary N) is 1. The molecular formula is C14H16ClN7O. The fraction of sp³-hybridized carbons (Fsp3) is 0.214. The average Bonchev–Trinajstić information content (AvgIpc) is 2.96. The van der Waals surface area contributed by atoms with Gasteiger partial charge in [0.2, 0.25) is 5.91 Å². The topological polar surface area (TPSA) is 102 Å². The second-order valence-electron chi connectivity index (χ2n) is 4.48. The molecule has 0 aliphatic rings. The van der Waals surface area contributed by atoms with Crippen molar-refractivity contribution in [3.8, 4) is 5.69 Å². The molecule has 8 nitrogen and oxygen atoms in total. The van der Waals surface area contributed by atoms with Gasteiger partial charge in [-0.15, -0.1) is 0 Å². The molecule has 0 fully saturated rings. The zero-order valence-corrected chi connectivity index (χ0v) is 13.3. The third-order valence-electron chi connectivity index (χ3n) is 2.99. The molecule has 2 heterocycles. The van der Waals surface area contributed by atoms with E-state index in [0.29, 0.717) is 12.2 Å². The van der Waals surface area contributed by atoms with Gasteiger partial charge < -0.3 is 10.6 Å². The number of halogens is 1. The summed E-state index contributed by atoms with van der Waals surface area (Å²) < 4.78 is 1.57. The Bertz CT molecular complexity index is 711. The molecule has 0 aliphatic heterocycles. The van der Waals surface area contributed by atoms with E-state index in [1.54, 1.807) is 36.4 Å². The van der Waals surface area contributed by atoms with Crippen LogP contribution in [0.3, 0.4) is 0 Å². The molecule has 9 heteroatoms. The second kappa shape index (κ2) is 8.04. The van der Waals surface area contributed by atoms with Crippen molar-refractivity contribution in [2.75, 3.05) is 18.5 Å². The first-order valence-electron chi connectivity index (χ1n) is 6.77. The van der Waals surface area contributed by atoms with E-state index in [9.17, 15) is 4.79 Å². The minimum Gasteiger partial charge on any atom is -0.390 e. The highest BCUT2D eigenvalue weighted by Gasteiger charge is 2.17. The van der Waals surface area contributed by atoms with E-state index in [1.165, 1.54) is 11.2 Å². The van der Waals surface area contributed by atoms with Crippen LogP contribution in [0.25, 0.3) is 5.69 Å². The lowest BCUT2D eigenvalue weighted by atomic mass is 10.3. The number of pyridine rings is 1. The Morgan fingerprint density at radius 1 is 1.57 bits per heavy atom. The Morgan fingerprint density at radius 2 is 2.39 bits per heavy atom. The minimum absolute atomic E-state index is 0.133. The summed E-state index contributed by atoms with van der Waals surface area (Å²) >= 11 is 6.13. The summed E-state index contributed by atoms with van der Waals surface area (Å²) in [5.41, 5.74) is 6.35. The smallest absolute Gasteiger partial charge is 0.228 e. The summed E-state index contributed by atoms with van der Waals surface area (Å²) in [6, 6.07) is 3.63. The van der Waals surface area contributed by atoms with E-state index in [4.69, 9.17) is 17.3 Å². The van der Waals surface area contributed by atoms with Gasteiger partial charge in [-0.05, 0) is 12.1 Å². The molecule has 2 aromatic heterocycles. The van der Waals surface area contributed by atoms with E-state index >= 15 is 0 Å². The number of rotatable bonds is 6. The fourth-order valence-corrected chi connectivity index (χ4v) is 2.05. The molecule has 0 spiro atoms. The van der Waals surface area contributed by atoms with Gasteiger partial charge in [0.05, 0.1) is 24.4 Å². The van der Waals surface area contributed by atoms with Gasteiger partial charge in [-0.2, -0.15) is 5.10 Å². The van der Waals surface area contributed by atoms with Crippen molar-refractivity contribution < 1.29 is 4.79 Å². The molecule has 0 bridgehead atoms. The highest BCUT2D eigenvalue weighted by atomic mass is 35.5. The summed E-state index contributed by atoms with van der Waals surface area (Å²) in [4.78, 5) is 25.2. The lowest BCUT2D eigenvalue weighted by Gasteiger charge is -2.14. The lowest BCUT2D eigenvalue weighted by molar-refractivity contribution is -0.118. The molecule has 0 atom stereocenters. The average molecular weight is 334 g/mol. The normalized spacial score (nSPS) is 11.4. The molecule has 0 saturated carbocycles. The van der Waals surface area contributed by atoms with Crippen molar-refractivity contribution in [3.05, 3.63) is 35.9 Å². The summed E-state index contributed by atoms with van der Waals surface area (Å²) in [5.74, 6) is -0.133. The molecule has 0 aromatic carbocycles. The quantitative estimate of drug-likeness (QED) is 0.635. The number of carbonyl (C=O) groups excluding carboxylic acids is 1. The van der Waals surface area contributed by atoms with Crippen LogP contribution < -0.4 is 10.6 Å². The maximum atomic E-state index is 12.2. The molecule has 0 saturated heterocycles. The van der Waals surface area contributed by atoms with Crippen molar-refractivity contribution in [1.29, 1.82) is 0 Å². The molecule has 2 N–H and O–H groups in total. The Labute approximate surface area is 138 Å². The first-order chi connectivity index (χ1) is 11.1. The van der Waals surface area contributed by atoms with Gasteiger partial charge in [0.1, 0.15) is 12.0 Å². The van der Waals surface area contributed by atoms with Crippen LogP contribution in [0.1, 0.15) is 6.42 Å². The Morgan fingerprint density at radius 3 is 3.09 bits per heavy atom. The molecule has 23 heavy (non-hydrogen) atoms. The third kappa shape index (κ3) is 4.36. The fourth-order valence-electron chi connectivity index (χ4n) is 1.80. The maximum absolute atomic E-state index is 12.2. The van der Waals surface area contributed by atoms with Gasteiger partial charge in [-0.25, -0.2) is 9.67 Å². The monoisotopic (exact) mass is 333 g/mol. The van der Waals surface area contributed by atoms with Crippen LogP contribution in [0, 0.1) is 0 Å². The largest absolute Gasteiger partial charge is 0.390 e. The summed E-state index contributed by atoms with van der Waals surface area (Å²) in [7, 11) is 1.64. The van der Waals surface area contributed by atoms with E-state index < -0.39 is 0 Å². The van der Waals surface area contributed by atoms with Gasteiger partial charge in [0, 0.05) is 26.2 Å². The minimum atomic E-state index is -0.133. The predicted octanol–water partition coefficient (Wildman–Crippen LogP) is 1.29. The number of hydrogen-bond donors (Lipinski definition) is 1. The van der Waals surface area contributed by atoms with E-state index in [2.05, 4.69) is 20.1 Å². The third-order valence-corrected chi connectivity index (χ3v) is 3.26. The Balaban J connectivity index is 2.06. The number of aromatic nitrogens is 3. The Hall–Kier alpha value is -2.74. The highest BCUT2D eigenvalue weighted by Crippen LogP contribution is 2.25. The maximum Gasteiger partial charge on any atom is 0.228 e. The van der Waals surface area contributed by atoms with Crippen molar-refractivity contribution >= 4 is 35.9 Å². The first kappa shape index (κ1) is 16.6. The van der Waals surface area contributed by atoms with E-state index in [1.807, 2.05) is 6.07 Å². The van der Waals surface area contributed by atoms with Crippen LogP contribution in [-0.4, -0.2) is 46.9 Å². The predicted molar refractivity (Wildman–Crippen MR) is 90.4 cm³/mol. The number of anilines is 1. The van der Waals surface area contributed by atoms with Gasteiger partial charge in [-0.1, -0.05) is 11.6 Å². The van der Waals surface area contributed by atoms with Gasteiger partial charge >= 0.3 is 0 Å². The summed E-state index contributed by atoms with van der Waals surface area (Å²) in [6.45, 7) is 0.314. The van der Waals surface area contributed by atoms with Crippen molar-refractivity contribution in [1.82, 2.24) is 14.8 Å². The van der Waals surface area contributed by atoms with Gasteiger partial charge in [0.25, 0.3) is 0 Å². The highest BCUT2D eigenvalue weighted by molar-refractivity contribution is 6.32. The number of amides is 1. The number of hydrogen-bond acceptors (Lipinski definition) is 4. The van der Waals surface area contributed by atoms with Crippen LogP contribution in [0.4, 0.5) is 5.69 Å². The SMILES string of the molecule is CN(C(=O)CCN=CN=CN)c1cn(-c2cccnc2)nc1Cl. The number of nitrogens with zero attached hydrogens (tertiary/aromatic N) is 6. The second-order valence-corrected chi connectivity index (χ2v) is 4.84. The zero-order chi connectivity index (χ0) is 16.7. The van der Waals surface area contributed by atoms with Crippen molar-refractivity contribution in [2.45, 2.75) is 6.42 Å². The first-order valence-corrected chi connectivity index (χ1v) is 7.15. The molecule has 0 unspecified atom stereocenters. The van der Waals surface area contributed by atoms with Crippen molar-refractivity contribution in [2.24, 2.45) is 15.7 Å². The van der Waals surface area contributed by atoms with Gasteiger partial charge in [-0.3, -0.25) is 14.8 Å². The zero-order valence-electron chi connectivity index (χ0n) is 12.5. The van der Waals surface area contributed by atoms with E-state index in [-0.39, 0.29) is 17.5 Å². The molecule has 120 valence electrons. The molecule has 0 radical (unpaired) electrons. The van der Waals surface area contributed by atoms with Crippen LogP contribution in [0.2, 0.25) is 5.15 Å². The van der Waals surface area contributed by atoms with Crippen LogP contribution in [-0.2, 0) is 4.79 Å². The lowest BCUT2D eigenvalue weighted by Crippen LogP contribution is -2.26. The van der Waals surface area contributed by atoms with Crippen molar-refractivity contribution in [3.63, 3.8) is 0 Å².